The minimum atomic E-state index is -0.966. The van der Waals surface area contributed by atoms with Gasteiger partial charge in [0.15, 0.2) is 0 Å². The van der Waals surface area contributed by atoms with E-state index >= 15 is 0 Å². The number of fused-ring (bicyclic) bond motifs is 1. The van der Waals surface area contributed by atoms with E-state index in [4.69, 9.17) is 4.74 Å². The Hall–Kier alpha value is -2.32. The van der Waals surface area contributed by atoms with Crippen LogP contribution in [0, 0.1) is 5.82 Å². The van der Waals surface area contributed by atoms with Gasteiger partial charge in [0, 0.05) is 6.61 Å². The highest BCUT2D eigenvalue weighted by Gasteiger charge is 2.22. The summed E-state index contributed by atoms with van der Waals surface area (Å²) in [5, 5.41) is 0.583. The molecule has 1 aliphatic heterocycles. The summed E-state index contributed by atoms with van der Waals surface area (Å²) < 4.78 is 22.5. The molecule has 0 aliphatic carbocycles. The first-order chi connectivity index (χ1) is 11.6. The zero-order valence-corrected chi connectivity index (χ0v) is 13.5. The molecule has 8 heteroatoms. The summed E-state index contributed by atoms with van der Waals surface area (Å²) in [7, 11) is 0. The largest absolute Gasteiger partial charge is 0.358 e. The lowest BCUT2D eigenvalue weighted by Crippen LogP contribution is -2.42. The van der Waals surface area contributed by atoms with Gasteiger partial charge in [-0.1, -0.05) is 12.1 Å². The summed E-state index contributed by atoms with van der Waals surface area (Å²) in [5.74, 6) is -0.966. The SMILES string of the molecule is O=c1c(F)cn([C@@H]2CCCO2)c(=O)n1Cc1nc2ccccc2s1. The number of thiazole rings is 1. The maximum atomic E-state index is 14.0. The number of aromatic nitrogens is 3. The van der Waals surface area contributed by atoms with Crippen molar-refractivity contribution in [1.29, 1.82) is 0 Å². The van der Waals surface area contributed by atoms with Gasteiger partial charge in [0.1, 0.15) is 11.2 Å². The fourth-order valence-electron chi connectivity index (χ4n) is 2.84. The summed E-state index contributed by atoms with van der Waals surface area (Å²) in [6.45, 7) is 0.469. The zero-order chi connectivity index (χ0) is 16.7. The van der Waals surface area contributed by atoms with Crippen LogP contribution in [0.5, 0.6) is 0 Å². The lowest BCUT2D eigenvalue weighted by atomic mass is 10.3. The van der Waals surface area contributed by atoms with Crippen molar-refractivity contribution in [2.24, 2.45) is 0 Å². The van der Waals surface area contributed by atoms with Crippen LogP contribution in [0.25, 0.3) is 10.2 Å². The Morgan fingerprint density at radius 2 is 2.17 bits per heavy atom. The van der Waals surface area contributed by atoms with Crippen LogP contribution in [-0.4, -0.2) is 20.7 Å². The number of nitrogens with zero attached hydrogens (tertiary/aromatic N) is 3. The molecule has 0 saturated carbocycles. The zero-order valence-electron chi connectivity index (χ0n) is 12.6. The second-order valence-electron chi connectivity index (χ2n) is 5.60. The molecule has 3 heterocycles. The van der Waals surface area contributed by atoms with Crippen molar-refractivity contribution in [3.63, 3.8) is 0 Å². The standard InChI is InChI=1S/C16H14FN3O3S/c17-10-8-19(14-6-3-7-23-14)16(22)20(15(10)21)9-13-18-11-4-1-2-5-12(11)24-13/h1-2,4-5,8,14H,3,6-7,9H2/t14-/m0/s1. The van der Waals surface area contributed by atoms with Gasteiger partial charge in [0.05, 0.1) is 23.0 Å². The van der Waals surface area contributed by atoms with Gasteiger partial charge in [-0.2, -0.15) is 4.39 Å². The molecule has 1 atom stereocenters. The van der Waals surface area contributed by atoms with E-state index in [-0.39, 0.29) is 6.54 Å². The molecule has 2 aromatic heterocycles. The van der Waals surface area contributed by atoms with E-state index in [2.05, 4.69) is 4.98 Å². The number of ether oxygens (including phenoxy) is 1. The molecule has 0 amide bonds. The van der Waals surface area contributed by atoms with Crippen LogP contribution in [0.15, 0.2) is 40.1 Å². The Morgan fingerprint density at radius 3 is 2.92 bits per heavy atom. The Kier molecular flexibility index (Phi) is 3.78. The lowest BCUT2D eigenvalue weighted by Gasteiger charge is -2.15. The van der Waals surface area contributed by atoms with Gasteiger partial charge in [-0.05, 0) is 25.0 Å². The van der Waals surface area contributed by atoms with Gasteiger partial charge in [0.2, 0.25) is 5.82 Å². The molecule has 0 spiro atoms. The van der Waals surface area contributed by atoms with E-state index in [1.807, 2.05) is 24.3 Å². The number of rotatable bonds is 3. The minimum Gasteiger partial charge on any atom is -0.358 e. The van der Waals surface area contributed by atoms with Crippen molar-refractivity contribution in [2.45, 2.75) is 25.6 Å². The van der Waals surface area contributed by atoms with Crippen LogP contribution in [0.2, 0.25) is 0 Å². The molecular weight excluding hydrogens is 333 g/mol. The van der Waals surface area contributed by atoms with E-state index < -0.39 is 23.3 Å². The minimum absolute atomic E-state index is 0.0541. The monoisotopic (exact) mass is 347 g/mol. The van der Waals surface area contributed by atoms with Crippen LogP contribution in [-0.2, 0) is 11.3 Å². The normalized spacial score (nSPS) is 17.6. The van der Waals surface area contributed by atoms with Gasteiger partial charge >= 0.3 is 5.69 Å². The van der Waals surface area contributed by atoms with Crippen LogP contribution >= 0.6 is 11.3 Å². The Balaban J connectivity index is 1.79. The quantitative estimate of drug-likeness (QED) is 0.728. The summed E-state index contributed by atoms with van der Waals surface area (Å²) in [5.41, 5.74) is -0.720. The fourth-order valence-corrected chi connectivity index (χ4v) is 3.79. The molecule has 1 aromatic carbocycles. The molecule has 0 radical (unpaired) electrons. The summed E-state index contributed by atoms with van der Waals surface area (Å²) in [6.07, 6.45) is 1.85. The molecular formula is C16H14FN3O3S. The number of hydrogen-bond acceptors (Lipinski definition) is 5. The summed E-state index contributed by atoms with van der Waals surface area (Å²) in [4.78, 5) is 29.1. The predicted octanol–water partition coefficient (Wildman–Crippen LogP) is 2.12. The van der Waals surface area contributed by atoms with Gasteiger partial charge in [-0.25, -0.2) is 9.78 Å². The van der Waals surface area contributed by atoms with Crippen molar-refractivity contribution < 1.29 is 9.13 Å². The summed E-state index contributed by atoms with van der Waals surface area (Å²) in [6, 6.07) is 7.53. The number of halogens is 1. The third-order valence-electron chi connectivity index (χ3n) is 4.00. The van der Waals surface area contributed by atoms with Crippen LogP contribution in [0.3, 0.4) is 0 Å². The number of hydrogen-bond donors (Lipinski definition) is 0. The smallest absolute Gasteiger partial charge is 0.333 e. The molecule has 124 valence electrons. The van der Waals surface area contributed by atoms with E-state index in [0.717, 1.165) is 32.0 Å². The highest BCUT2D eigenvalue weighted by Crippen LogP contribution is 2.22. The van der Waals surface area contributed by atoms with Crippen molar-refractivity contribution in [3.8, 4) is 0 Å². The molecule has 4 rings (SSSR count). The second-order valence-corrected chi connectivity index (χ2v) is 6.72. The molecule has 24 heavy (non-hydrogen) atoms. The average Bonchev–Trinajstić information content (AvgIpc) is 3.23. The Bertz CT molecular complexity index is 984. The van der Waals surface area contributed by atoms with Crippen LogP contribution in [0.1, 0.15) is 24.1 Å². The number of benzene rings is 1. The van der Waals surface area contributed by atoms with E-state index in [1.165, 1.54) is 11.3 Å². The maximum absolute atomic E-state index is 14.0. The topological polar surface area (TPSA) is 66.1 Å². The van der Waals surface area contributed by atoms with E-state index in [9.17, 15) is 14.0 Å². The lowest BCUT2D eigenvalue weighted by molar-refractivity contribution is 0.0504. The molecule has 1 fully saturated rings. The predicted molar refractivity (Wildman–Crippen MR) is 87.9 cm³/mol. The van der Waals surface area contributed by atoms with Crippen molar-refractivity contribution in [3.05, 3.63) is 62.1 Å². The molecule has 0 N–H and O–H groups in total. The van der Waals surface area contributed by atoms with Gasteiger partial charge < -0.3 is 4.74 Å². The van der Waals surface area contributed by atoms with Crippen LogP contribution in [0.4, 0.5) is 4.39 Å². The Labute approximate surface area is 139 Å². The maximum Gasteiger partial charge on any atom is 0.333 e. The third-order valence-corrected chi connectivity index (χ3v) is 5.02. The van der Waals surface area contributed by atoms with Crippen molar-refractivity contribution in [2.75, 3.05) is 6.61 Å². The van der Waals surface area contributed by atoms with Crippen molar-refractivity contribution >= 4 is 21.6 Å². The van der Waals surface area contributed by atoms with Crippen LogP contribution < -0.4 is 11.2 Å². The van der Waals surface area contributed by atoms with Gasteiger partial charge in [0.25, 0.3) is 5.56 Å². The molecule has 1 saturated heterocycles. The Morgan fingerprint density at radius 1 is 1.33 bits per heavy atom. The molecule has 6 nitrogen and oxygen atoms in total. The molecule has 1 aliphatic rings. The highest BCUT2D eigenvalue weighted by atomic mass is 32.1. The number of para-hydroxylation sites is 1. The van der Waals surface area contributed by atoms with E-state index in [1.54, 1.807) is 0 Å². The average molecular weight is 347 g/mol. The third kappa shape index (κ3) is 2.57. The highest BCUT2D eigenvalue weighted by molar-refractivity contribution is 7.18. The molecule has 0 bridgehead atoms. The fraction of sp³-hybridized carbons (Fsp3) is 0.312. The first-order valence-electron chi connectivity index (χ1n) is 7.61. The molecule has 0 unspecified atom stereocenters. The van der Waals surface area contributed by atoms with Crippen molar-refractivity contribution in [1.82, 2.24) is 14.1 Å². The van der Waals surface area contributed by atoms with Gasteiger partial charge in [-0.3, -0.25) is 13.9 Å². The van der Waals surface area contributed by atoms with E-state index in [0.29, 0.717) is 18.0 Å². The first kappa shape index (κ1) is 15.2. The molecule has 3 aromatic rings. The summed E-state index contributed by atoms with van der Waals surface area (Å²) >= 11 is 1.38. The second kappa shape index (κ2) is 5.95. The van der Waals surface area contributed by atoms with Gasteiger partial charge in [-0.15, -0.1) is 11.3 Å². The first-order valence-corrected chi connectivity index (χ1v) is 8.42.